The molecule has 2 rings (SSSR count). The molecular formula is C15H20N2O3S. The molecule has 0 aliphatic carbocycles. The number of rotatable bonds is 5. The van der Waals surface area contributed by atoms with E-state index in [1.54, 1.807) is 11.4 Å². The molecule has 6 heteroatoms. The van der Waals surface area contributed by atoms with Gasteiger partial charge in [-0.25, -0.2) is 4.79 Å². The van der Waals surface area contributed by atoms with Gasteiger partial charge in [0, 0.05) is 19.2 Å². The predicted octanol–water partition coefficient (Wildman–Crippen LogP) is 1.92. The number of amides is 1. The summed E-state index contributed by atoms with van der Waals surface area (Å²) < 4.78 is 0. The minimum atomic E-state index is -1.02. The first-order valence-corrected chi connectivity index (χ1v) is 7.89. The molecule has 21 heavy (non-hydrogen) atoms. The number of nitrogens with one attached hydrogen (secondary N) is 1. The van der Waals surface area contributed by atoms with E-state index in [9.17, 15) is 9.59 Å². The van der Waals surface area contributed by atoms with Gasteiger partial charge < -0.3 is 15.3 Å². The van der Waals surface area contributed by atoms with Crippen molar-refractivity contribution in [3.63, 3.8) is 0 Å². The number of piperidine rings is 1. The van der Waals surface area contributed by atoms with Crippen LogP contribution >= 0.6 is 11.3 Å². The van der Waals surface area contributed by atoms with E-state index < -0.39 is 5.97 Å². The van der Waals surface area contributed by atoms with Crippen LogP contribution in [0.15, 0.2) is 17.5 Å². The van der Waals surface area contributed by atoms with E-state index in [0.29, 0.717) is 22.9 Å². The Labute approximate surface area is 128 Å². The molecule has 1 unspecified atom stereocenters. The summed E-state index contributed by atoms with van der Waals surface area (Å²) in [6, 6.07) is 1.76. The maximum Gasteiger partial charge on any atom is 0.328 e. The summed E-state index contributed by atoms with van der Waals surface area (Å²) in [5, 5.41) is 13.4. The second-order valence-corrected chi connectivity index (χ2v) is 6.27. The molecule has 1 amide bonds. The van der Waals surface area contributed by atoms with Gasteiger partial charge in [0.05, 0.1) is 4.88 Å². The van der Waals surface area contributed by atoms with Crippen molar-refractivity contribution in [1.82, 2.24) is 10.2 Å². The van der Waals surface area contributed by atoms with E-state index in [-0.39, 0.29) is 5.91 Å². The summed E-state index contributed by atoms with van der Waals surface area (Å²) >= 11 is 1.33. The van der Waals surface area contributed by atoms with Crippen LogP contribution in [0.1, 0.15) is 28.1 Å². The van der Waals surface area contributed by atoms with E-state index in [2.05, 4.69) is 17.3 Å². The summed E-state index contributed by atoms with van der Waals surface area (Å²) in [7, 11) is 2.10. The van der Waals surface area contributed by atoms with E-state index in [1.165, 1.54) is 23.8 Å². The van der Waals surface area contributed by atoms with Gasteiger partial charge >= 0.3 is 5.97 Å². The van der Waals surface area contributed by atoms with Crippen molar-refractivity contribution < 1.29 is 14.7 Å². The smallest absolute Gasteiger partial charge is 0.328 e. The van der Waals surface area contributed by atoms with Gasteiger partial charge in [0.25, 0.3) is 5.91 Å². The summed E-state index contributed by atoms with van der Waals surface area (Å²) in [5.74, 6) is -0.647. The lowest BCUT2D eigenvalue weighted by atomic mass is 9.98. The Morgan fingerprint density at radius 1 is 1.57 bits per heavy atom. The molecular weight excluding hydrogens is 288 g/mol. The van der Waals surface area contributed by atoms with Crippen LogP contribution in [0.4, 0.5) is 0 Å². The highest BCUT2D eigenvalue weighted by molar-refractivity contribution is 7.12. The number of likely N-dealkylation sites (tertiary alicyclic amines) is 1. The molecule has 114 valence electrons. The Balaban J connectivity index is 1.91. The maximum atomic E-state index is 12.2. The average Bonchev–Trinajstić information content (AvgIpc) is 2.91. The maximum absolute atomic E-state index is 12.2. The van der Waals surface area contributed by atoms with Crippen LogP contribution in [0.3, 0.4) is 0 Å². The number of nitrogens with zero attached hydrogens (tertiary/aromatic N) is 1. The zero-order chi connectivity index (χ0) is 15.2. The van der Waals surface area contributed by atoms with Gasteiger partial charge in [-0.2, -0.15) is 0 Å². The Bertz CT molecular complexity index is 539. The molecule has 0 radical (unpaired) electrons. The van der Waals surface area contributed by atoms with Crippen molar-refractivity contribution in [1.29, 1.82) is 0 Å². The molecule has 1 aliphatic rings. The van der Waals surface area contributed by atoms with Gasteiger partial charge in [-0.3, -0.25) is 4.79 Å². The second kappa shape index (κ2) is 7.38. The third-order valence-corrected chi connectivity index (χ3v) is 4.51. The number of hydrogen-bond acceptors (Lipinski definition) is 4. The molecule has 5 nitrogen and oxygen atoms in total. The van der Waals surface area contributed by atoms with E-state index in [1.807, 2.05) is 0 Å². The highest BCUT2D eigenvalue weighted by Crippen LogP contribution is 2.19. The highest BCUT2D eigenvalue weighted by Gasteiger charge is 2.19. The molecule has 2 heterocycles. The number of thiophene rings is 1. The summed E-state index contributed by atoms with van der Waals surface area (Å²) in [6.45, 7) is 2.80. The number of aliphatic carboxylic acids is 1. The molecule has 0 saturated carbocycles. The third kappa shape index (κ3) is 4.68. The zero-order valence-corrected chi connectivity index (χ0v) is 12.9. The van der Waals surface area contributed by atoms with Crippen molar-refractivity contribution in [3.05, 3.63) is 28.0 Å². The number of carbonyl (C=O) groups excluding carboxylic acids is 1. The van der Waals surface area contributed by atoms with Gasteiger partial charge in [0.15, 0.2) is 0 Å². The highest BCUT2D eigenvalue weighted by atomic mass is 32.1. The lowest BCUT2D eigenvalue weighted by Gasteiger charge is -2.29. The quantitative estimate of drug-likeness (QED) is 0.815. The monoisotopic (exact) mass is 308 g/mol. The van der Waals surface area contributed by atoms with Crippen molar-refractivity contribution >= 4 is 29.3 Å². The Hall–Kier alpha value is -1.66. The molecule has 0 aromatic carbocycles. The lowest BCUT2D eigenvalue weighted by Crippen LogP contribution is -2.39. The van der Waals surface area contributed by atoms with Crippen LogP contribution in [0.5, 0.6) is 0 Å². The predicted molar refractivity (Wildman–Crippen MR) is 83.5 cm³/mol. The van der Waals surface area contributed by atoms with Crippen LogP contribution in [0, 0.1) is 5.92 Å². The Kier molecular flexibility index (Phi) is 5.52. The first-order valence-electron chi connectivity index (χ1n) is 7.01. The SMILES string of the molecule is CN1CCCC(CNC(=O)c2sccc2C=CC(=O)O)C1. The largest absolute Gasteiger partial charge is 0.478 e. The zero-order valence-electron chi connectivity index (χ0n) is 12.0. The second-order valence-electron chi connectivity index (χ2n) is 5.36. The number of carboxylic acids is 1. The first-order chi connectivity index (χ1) is 10.1. The van der Waals surface area contributed by atoms with Crippen molar-refractivity contribution in [2.24, 2.45) is 5.92 Å². The van der Waals surface area contributed by atoms with Crippen molar-refractivity contribution in [2.45, 2.75) is 12.8 Å². The molecule has 1 atom stereocenters. The normalized spacial score (nSPS) is 19.8. The summed E-state index contributed by atoms with van der Waals surface area (Å²) in [6.07, 6.45) is 4.82. The summed E-state index contributed by atoms with van der Waals surface area (Å²) in [4.78, 5) is 25.6. The van der Waals surface area contributed by atoms with E-state index in [0.717, 1.165) is 25.6 Å². The molecule has 1 saturated heterocycles. The molecule has 1 aromatic rings. The van der Waals surface area contributed by atoms with Crippen molar-refractivity contribution in [3.8, 4) is 0 Å². The number of carboxylic acid groups (broad SMARTS) is 1. The summed E-state index contributed by atoms with van der Waals surface area (Å²) in [5.41, 5.74) is 0.653. The van der Waals surface area contributed by atoms with Crippen LogP contribution < -0.4 is 5.32 Å². The van der Waals surface area contributed by atoms with E-state index >= 15 is 0 Å². The number of carbonyl (C=O) groups is 2. The number of hydrogen-bond donors (Lipinski definition) is 2. The standard InChI is InChI=1S/C15H20N2O3S/c1-17-7-2-3-11(10-17)9-16-15(20)14-12(6-8-21-14)4-5-13(18)19/h4-6,8,11H,2-3,7,9-10H2,1H3,(H,16,20)(H,18,19). The average molecular weight is 308 g/mol. The molecule has 2 N–H and O–H groups in total. The Morgan fingerprint density at radius 3 is 3.10 bits per heavy atom. The third-order valence-electron chi connectivity index (χ3n) is 3.58. The fourth-order valence-electron chi connectivity index (χ4n) is 2.55. The van der Waals surface area contributed by atoms with Gasteiger partial charge in [0.2, 0.25) is 0 Å². The fraction of sp³-hybridized carbons (Fsp3) is 0.467. The minimum absolute atomic E-state index is 0.122. The van der Waals surface area contributed by atoms with Crippen LogP contribution in [-0.2, 0) is 4.79 Å². The molecule has 0 bridgehead atoms. The van der Waals surface area contributed by atoms with Gasteiger partial charge in [-0.15, -0.1) is 11.3 Å². The van der Waals surface area contributed by atoms with Gasteiger partial charge in [-0.05, 0) is 55.4 Å². The molecule has 1 fully saturated rings. The Morgan fingerprint density at radius 2 is 2.38 bits per heavy atom. The first kappa shape index (κ1) is 15.7. The van der Waals surface area contributed by atoms with Crippen LogP contribution in [0.25, 0.3) is 6.08 Å². The van der Waals surface area contributed by atoms with Crippen LogP contribution in [0.2, 0.25) is 0 Å². The van der Waals surface area contributed by atoms with E-state index in [4.69, 9.17) is 5.11 Å². The van der Waals surface area contributed by atoms with Crippen molar-refractivity contribution in [2.75, 3.05) is 26.7 Å². The fourth-order valence-corrected chi connectivity index (χ4v) is 3.36. The van der Waals surface area contributed by atoms with Gasteiger partial charge in [0.1, 0.15) is 0 Å². The molecule has 1 aliphatic heterocycles. The molecule has 0 spiro atoms. The van der Waals surface area contributed by atoms with Crippen LogP contribution in [-0.4, -0.2) is 48.6 Å². The topological polar surface area (TPSA) is 69.6 Å². The molecule has 1 aromatic heterocycles. The lowest BCUT2D eigenvalue weighted by molar-refractivity contribution is -0.131. The minimum Gasteiger partial charge on any atom is -0.478 e. The van der Waals surface area contributed by atoms with Gasteiger partial charge in [-0.1, -0.05) is 0 Å².